The van der Waals surface area contributed by atoms with Gasteiger partial charge in [-0.1, -0.05) is 38.4 Å². The second-order valence-corrected chi connectivity index (χ2v) is 7.87. The van der Waals surface area contributed by atoms with Crippen LogP contribution in [0.3, 0.4) is 0 Å². The molecule has 102 valence electrons. The van der Waals surface area contributed by atoms with E-state index < -0.39 is 10.0 Å². The highest BCUT2D eigenvalue weighted by atomic mass is 35.5. The number of anilines is 1. The lowest BCUT2D eigenvalue weighted by molar-refractivity contribution is 0.311. The molecule has 0 bridgehead atoms. The van der Waals surface area contributed by atoms with Crippen LogP contribution in [0.1, 0.15) is 20.8 Å². The van der Waals surface area contributed by atoms with E-state index in [0.717, 1.165) is 0 Å². The summed E-state index contributed by atoms with van der Waals surface area (Å²) in [7, 11) is -2.13. The minimum atomic E-state index is -3.66. The maximum atomic E-state index is 12.4. The van der Waals surface area contributed by atoms with Crippen molar-refractivity contribution in [2.24, 2.45) is 5.41 Å². The molecule has 0 atom stereocenters. The average molecular weight is 291 g/mol. The number of nitrogens with zero attached hydrogens (tertiary/aromatic N) is 1. The standard InChI is InChI=1S/C12H19ClN2O2S/c1-12(2,3)8-15(4)18(16,17)11-9(13)6-5-7-10(11)14/h5-7H,8,14H2,1-4H3. The fourth-order valence-corrected chi connectivity index (χ4v) is 3.73. The first-order valence-corrected chi connectivity index (χ1v) is 7.38. The van der Waals surface area contributed by atoms with E-state index in [4.69, 9.17) is 17.3 Å². The third-order valence-electron chi connectivity index (χ3n) is 2.36. The first-order valence-electron chi connectivity index (χ1n) is 5.56. The Morgan fingerprint density at radius 1 is 1.33 bits per heavy atom. The molecule has 1 aromatic rings. The summed E-state index contributed by atoms with van der Waals surface area (Å²) in [4.78, 5) is -0.0154. The number of benzene rings is 1. The van der Waals surface area contributed by atoms with Crippen LogP contribution in [0.5, 0.6) is 0 Å². The molecule has 0 unspecified atom stereocenters. The van der Waals surface area contributed by atoms with Gasteiger partial charge in [-0.15, -0.1) is 0 Å². The highest BCUT2D eigenvalue weighted by Crippen LogP contribution is 2.30. The van der Waals surface area contributed by atoms with Crippen molar-refractivity contribution >= 4 is 27.3 Å². The molecule has 0 saturated heterocycles. The van der Waals surface area contributed by atoms with Crippen molar-refractivity contribution in [2.75, 3.05) is 19.3 Å². The van der Waals surface area contributed by atoms with Crippen molar-refractivity contribution in [2.45, 2.75) is 25.7 Å². The van der Waals surface area contributed by atoms with Crippen LogP contribution >= 0.6 is 11.6 Å². The zero-order valence-electron chi connectivity index (χ0n) is 11.1. The minimum Gasteiger partial charge on any atom is -0.398 e. The molecule has 0 aliphatic heterocycles. The SMILES string of the molecule is CN(CC(C)(C)C)S(=O)(=O)c1c(N)cccc1Cl. The Hall–Kier alpha value is -0.780. The van der Waals surface area contributed by atoms with Gasteiger partial charge in [-0.2, -0.15) is 0 Å². The topological polar surface area (TPSA) is 63.4 Å². The zero-order valence-corrected chi connectivity index (χ0v) is 12.6. The predicted molar refractivity (Wildman–Crippen MR) is 75.1 cm³/mol. The summed E-state index contributed by atoms with van der Waals surface area (Å²) in [5, 5.41) is 0.149. The number of hydrogen-bond acceptors (Lipinski definition) is 3. The fourth-order valence-electron chi connectivity index (χ4n) is 1.71. The van der Waals surface area contributed by atoms with Gasteiger partial charge in [0.25, 0.3) is 0 Å². The van der Waals surface area contributed by atoms with E-state index in [1.165, 1.54) is 23.5 Å². The van der Waals surface area contributed by atoms with Gasteiger partial charge >= 0.3 is 0 Å². The predicted octanol–water partition coefficient (Wildman–Crippen LogP) is 2.59. The molecular formula is C12H19ClN2O2S. The number of halogens is 1. The maximum absolute atomic E-state index is 12.4. The summed E-state index contributed by atoms with van der Waals surface area (Å²) in [5.74, 6) is 0. The first-order chi connectivity index (χ1) is 8.05. The Morgan fingerprint density at radius 2 is 1.89 bits per heavy atom. The quantitative estimate of drug-likeness (QED) is 0.870. The lowest BCUT2D eigenvalue weighted by atomic mass is 9.97. The second kappa shape index (κ2) is 5.07. The van der Waals surface area contributed by atoms with Crippen molar-refractivity contribution < 1.29 is 8.42 Å². The van der Waals surface area contributed by atoms with Gasteiger partial charge in [0.05, 0.1) is 10.7 Å². The summed E-state index contributed by atoms with van der Waals surface area (Å²) in [6.07, 6.45) is 0. The molecule has 0 spiro atoms. The Labute approximate surface area is 114 Å². The maximum Gasteiger partial charge on any atom is 0.246 e. The van der Waals surface area contributed by atoms with Gasteiger partial charge in [0.2, 0.25) is 10.0 Å². The largest absolute Gasteiger partial charge is 0.398 e. The van der Waals surface area contributed by atoms with E-state index in [2.05, 4.69) is 0 Å². The van der Waals surface area contributed by atoms with Crippen LogP contribution in [-0.2, 0) is 10.0 Å². The van der Waals surface area contributed by atoms with Crippen LogP contribution in [0.4, 0.5) is 5.69 Å². The summed E-state index contributed by atoms with van der Waals surface area (Å²) < 4.78 is 26.1. The average Bonchev–Trinajstić information content (AvgIpc) is 2.13. The molecule has 0 saturated carbocycles. The number of rotatable bonds is 3. The number of hydrogen-bond donors (Lipinski definition) is 1. The van der Waals surface area contributed by atoms with Gasteiger partial charge in [0.15, 0.2) is 0 Å². The van der Waals surface area contributed by atoms with E-state index >= 15 is 0 Å². The third-order valence-corrected chi connectivity index (χ3v) is 4.71. The molecule has 0 aliphatic rings. The number of nitrogen functional groups attached to an aromatic ring is 1. The molecule has 6 heteroatoms. The minimum absolute atomic E-state index is 0.0154. The molecule has 0 amide bonds. The molecule has 0 heterocycles. The molecule has 18 heavy (non-hydrogen) atoms. The van der Waals surface area contributed by atoms with Crippen LogP contribution in [0.15, 0.2) is 23.1 Å². The van der Waals surface area contributed by atoms with Crippen LogP contribution in [-0.4, -0.2) is 26.3 Å². The first kappa shape index (κ1) is 15.3. The smallest absolute Gasteiger partial charge is 0.246 e. The highest BCUT2D eigenvalue weighted by Gasteiger charge is 2.28. The van der Waals surface area contributed by atoms with Gasteiger partial charge in [-0.25, -0.2) is 12.7 Å². The van der Waals surface area contributed by atoms with Gasteiger partial charge in [0.1, 0.15) is 4.90 Å². The van der Waals surface area contributed by atoms with Crippen LogP contribution in [0, 0.1) is 5.41 Å². The zero-order chi connectivity index (χ0) is 14.1. The Balaban J connectivity index is 3.22. The molecule has 1 aromatic carbocycles. The monoisotopic (exact) mass is 290 g/mol. The third kappa shape index (κ3) is 3.37. The molecule has 0 aromatic heterocycles. The van der Waals surface area contributed by atoms with Crippen molar-refractivity contribution in [3.63, 3.8) is 0 Å². The van der Waals surface area contributed by atoms with Crippen molar-refractivity contribution in [1.29, 1.82) is 0 Å². The van der Waals surface area contributed by atoms with Gasteiger partial charge < -0.3 is 5.73 Å². The van der Waals surface area contributed by atoms with Gasteiger partial charge in [0, 0.05) is 13.6 Å². The van der Waals surface area contributed by atoms with Crippen molar-refractivity contribution in [3.05, 3.63) is 23.2 Å². The summed E-state index contributed by atoms with van der Waals surface area (Å²) >= 11 is 5.94. The van der Waals surface area contributed by atoms with E-state index in [1.54, 1.807) is 6.07 Å². The normalized spacial score (nSPS) is 13.0. The van der Waals surface area contributed by atoms with Crippen molar-refractivity contribution in [1.82, 2.24) is 4.31 Å². The van der Waals surface area contributed by atoms with Gasteiger partial charge in [-0.3, -0.25) is 0 Å². The molecular weight excluding hydrogens is 272 g/mol. The summed E-state index contributed by atoms with van der Waals surface area (Å²) in [5.41, 5.74) is 5.75. The van der Waals surface area contributed by atoms with E-state index in [-0.39, 0.29) is 21.0 Å². The van der Waals surface area contributed by atoms with Crippen LogP contribution in [0.2, 0.25) is 5.02 Å². The molecule has 0 aliphatic carbocycles. The Kier molecular flexibility index (Phi) is 4.30. The van der Waals surface area contributed by atoms with Crippen LogP contribution in [0.25, 0.3) is 0 Å². The molecule has 0 fully saturated rings. The van der Waals surface area contributed by atoms with Crippen molar-refractivity contribution in [3.8, 4) is 0 Å². The lowest BCUT2D eigenvalue weighted by Crippen LogP contribution is -2.35. The Morgan fingerprint density at radius 3 is 2.33 bits per heavy atom. The van der Waals surface area contributed by atoms with E-state index in [9.17, 15) is 8.42 Å². The summed E-state index contributed by atoms with van der Waals surface area (Å²) in [6.45, 7) is 6.29. The molecule has 2 N–H and O–H groups in total. The number of nitrogens with two attached hydrogens (primary N) is 1. The molecule has 1 rings (SSSR count). The summed E-state index contributed by atoms with van der Waals surface area (Å²) in [6, 6.07) is 4.68. The van der Waals surface area contributed by atoms with Gasteiger partial charge in [-0.05, 0) is 17.5 Å². The Bertz CT molecular complexity index is 515. The molecule has 4 nitrogen and oxygen atoms in total. The molecule has 0 radical (unpaired) electrons. The second-order valence-electron chi connectivity index (χ2n) is 5.48. The lowest BCUT2D eigenvalue weighted by Gasteiger charge is -2.26. The van der Waals surface area contributed by atoms with Crippen LogP contribution < -0.4 is 5.73 Å². The van der Waals surface area contributed by atoms with E-state index in [1.807, 2.05) is 20.8 Å². The fraction of sp³-hybridized carbons (Fsp3) is 0.500. The number of sulfonamides is 1. The van der Waals surface area contributed by atoms with E-state index in [0.29, 0.717) is 6.54 Å². The highest BCUT2D eigenvalue weighted by molar-refractivity contribution is 7.89.